The van der Waals surface area contributed by atoms with E-state index in [0.717, 1.165) is 0 Å². The first-order chi connectivity index (χ1) is 13.4. The van der Waals surface area contributed by atoms with Crippen LogP contribution in [0.3, 0.4) is 0 Å². The van der Waals surface area contributed by atoms with Crippen molar-refractivity contribution in [1.82, 2.24) is 14.5 Å². The summed E-state index contributed by atoms with van der Waals surface area (Å²) in [6.07, 6.45) is 1.69. The van der Waals surface area contributed by atoms with E-state index in [1.54, 1.807) is 43.5 Å². The molecule has 0 unspecified atom stereocenters. The van der Waals surface area contributed by atoms with Crippen molar-refractivity contribution in [2.45, 2.75) is 31.8 Å². The number of benzene rings is 1. The summed E-state index contributed by atoms with van der Waals surface area (Å²) in [5, 5.41) is 3.31. The van der Waals surface area contributed by atoms with E-state index < -0.39 is 23.9 Å². The quantitative estimate of drug-likeness (QED) is 0.701. The lowest BCUT2D eigenvalue weighted by Gasteiger charge is -2.25. The van der Waals surface area contributed by atoms with Crippen molar-refractivity contribution in [3.8, 4) is 0 Å². The molecule has 4 atom stereocenters. The van der Waals surface area contributed by atoms with Crippen LogP contribution in [0, 0.1) is 5.92 Å². The largest absolute Gasteiger partial charge is 0.343 e. The van der Waals surface area contributed by atoms with Crippen LogP contribution in [0.1, 0.15) is 30.4 Å². The van der Waals surface area contributed by atoms with E-state index in [-0.39, 0.29) is 5.91 Å². The van der Waals surface area contributed by atoms with Gasteiger partial charge in [-0.1, -0.05) is 25.1 Å². The molecule has 1 N–H and O–H groups in total. The van der Waals surface area contributed by atoms with Gasteiger partial charge in [0.05, 0.1) is 5.39 Å². The van der Waals surface area contributed by atoms with E-state index in [0.29, 0.717) is 28.7 Å². The number of aromatic nitrogens is 3. The lowest BCUT2D eigenvalue weighted by Crippen LogP contribution is -2.33. The normalized spacial score (nSPS) is 27.0. The first kappa shape index (κ1) is 18.2. The fourth-order valence-corrected chi connectivity index (χ4v) is 3.46. The Hall–Kier alpha value is -3.13. The highest BCUT2D eigenvalue weighted by molar-refractivity contribution is 6.07. The standard InChI is InChI=1S/C20H19FN4O3/c1-12-15(10-26)28-19(20(12,2)21)25-9-8-14-16(22-11-23-17(14)25)24-18(27)13-6-4-3-5-7-13/h3-12,15,19H,1-2H3,(H,22,23,24,27)/t12-,15-,19-,20-/m1/s1. The van der Waals surface area contributed by atoms with Crippen LogP contribution in [-0.2, 0) is 9.53 Å². The molecule has 1 aliphatic heterocycles. The molecule has 0 aliphatic carbocycles. The summed E-state index contributed by atoms with van der Waals surface area (Å²) < 4.78 is 22.5. The van der Waals surface area contributed by atoms with Gasteiger partial charge in [0.15, 0.2) is 11.9 Å². The molecular weight excluding hydrogens is 363 g/mol. The molecule has 0 bridgehead atoms. The number of rotatable bonds is 4. The van der Waals surface area contributed by atoms with Gasteiger partial charge in [-0.25, -0.2) is 14.4 Å². The van der Waals surface area contributed by atoms with Crippen LogP contribution in [0.4, 0.5) is 10.2 Å². The van der Waals surface area contributed by atoms with Crippen LogP contribution in [0.5, 0.6) is 0 Å². The Labute approximate surface area is 160 Å². The topological polar surface area (TPSA) is 86.1 Å². The molecule has 1 amide bonds. The maximum absolute atomic E-state index is 15.3. The van der Waals surface area contributed by atoms with Gasteiger partial charge in [0.2, 0.25) is 0 Å². The van der Waals surface area contributed by atoms with Crippen molar-refractivity contribution in [2.24, 2.45) is 5.92 Å². The number of halogens is 1. The lowest BCUT2D eigenvalue weighted by molar-refractivity contribution is -0.121. The third-order valence-corrected chi connectivity index (χ3v) is 5.32. The zero-order valence-corrected chi connectivity index (χ0v) is 15.4. The first-order valence-electron chi connectivity index (χ1n) is 8.91. The molecule has 3 aromatic rings. The van der Waals surface area contributed by atoms with E-state index in [1.807, 2.05) is 6.07 Å². The van der Waals surface area contributed by atoms with E-state index >= 15 is 4.39 Å². The number of nitrogens with one attached hydrogen (secondary N) is 1. The van der Waals surface area contributed by atoms with Gasteiger partial charge in [-0.2, -0.15) is 0 Å². The molecule has 1 fully saturated rings. The predicted octanol–water partition coefficient (Wildman–Crippen LogP) is 3.14. The fourth-order valence-electron chi connectivity index (χ4n) is 3.46. The van der Waals surface area contributed by atoms with Gasteiger partial charge < -0.3 is 19.4 Å². The van der Waals surface area contributed by atoms with E-state index in [1.165, 1.54) is 17.8 Å². The van der Waals surface area contributed by atoms with Gasteiger partial charge in [-0.3, -0.25) is 4.79 Å². The smallest absolute Gasteiger partial charge is 0.256 e. The number of carbonyl (C=O) groups excluding carboxylic acids is 2. The molecule has 144 valence electrons. The maximum atomic E-state index is 15.3. The lowest BCUT2D eigenvalue weighted by atomic mass is 9.90. The average molecular weight is 382 g/mol. The number of carbonyl (C=O) groups is 2. The molecule has 4 rings (SSSR count). The second-order valence-corrected chi connectivity index (χ2v) is 7.03. The highest BCUT2D eigenvalue weighted by atomic mass is 19.1. The van der Waals surface area contributed by atoms with E-state index in [4.69, 9.17) is 4.74 Å². The number of fused-ring (bicyclic) bond motifs is 1. The summed E-state index contributed by atoms with van der Waals surface area (Å²) in [6, 6.07) is 10.4. The highest BCUT2D eigenvalue weighted by Gasteiger charge is 2.53. The van der Waals surface area contributed by atoms with Gasteiger partial charge in [-0.15, -0.1) is 0 Å². The average Bonchev–Trinajstić information content (AvgIpc) is 3.22. The summed E-state index contributed by atoms with van der Waals surface area (Å²) in [5.74, 6) is -0.599. The van der Waals surface area contributed by atoms with E-state index in [2.05, 4.69) is 15.3 Å². The Morgan fingerprint density at radius 3 is 2.71 bits per heavy atom. The Morgan fingerprint density at radius 1 is 1.29 bits per heavy atom. The second-order valence-electron chi connectivity index (χ2n) is 7.03. The first-order valence-corrected chi connectivity index (χ1v) is 8.91. The minimum absolute atomic E-state index is 0.310. The summed E-state index contributed by atoms with van der Waals surface area (Å²) in [7, 11) is 0. The SMILES string of the molecule is C[C@@H]1[C@@H](C=O)O[C@@H](n2ccc3c(NC(=O)c4ccccc4)ncnc32)[C@]1(C)F. The number of hydrogen-bond acceptors (Lipinski definition) is 5. The molecule has 28 heavy (non-hydrogen) atoms. The van der Waals surface area contributed by atoms with Gasteiger partial charge in [0.25, 0.3) is 5.91 Å². The monoisotopic (exact) mass is 382 g/mol. The van der Waals surface area contributed by atoms with Crippen LogP contribution in [0.15, 0.2) is 48.9 Å². The maximum Gasteiger partial charge on any atom is 0.256 e. The number of amides is 1. The van der Waals surface area contributed by atoms with Gasteiger partial charge >= 0.3 is 0 Å². The van der Waals surface area contributed by atoms with Gasteiger partial charge in [0.1, 0.15) is 30.2 Å². The number of anilines is 1. The summed E-state index contributed by atoms with van der Waals surface area (Å²) >= 11 is 0. The van der Waals surface area contributed by atoms with Crippen molar-refractivity contribution in [3.05, 3.63) is 54.5 Å². The molecule has 0 saturated carbocycles. The summed E-state index contributed by atoms with van der Waals surface area (Å²) in [4.78, 5) is 32.0. The van der Waals surface area contributed by atoms with Gasteiger partial charge in [-0.05, 0) is 25.1 Å². The Bertz CT molecular complexity index is 1030. The molecule has 0 spiro atoms. The van der Waals surface area contributed by atoms with Crippen LogP contribution < -0.4 is 5.32 Å². The number of alkyl halides is 1. The predicted molar refractivity (Wildman–Crippen MR) is 101 cm³/mol. The Morgan fingerprint density at radius 2 is 2.04 bits per heavy atom. The Balaban J connectivity index is 1.70. The molecule has 2 aromatic heterocycles. The van der Waals surface area contributed by atoms with E-state index in [9.17, 15) is 9.59 Å². The third-order valence-electron chi connectivity index (χ3n) is 5.32. The number of aldehydes is 1. The minimum atomic E-state index is -1.77. The van der Waals surface area contributed by atoms with Crippen molar-refractivity contribution >= 4 is 29.0 Å². The van der Waals surface area contributed by atoms with Crippen molar-refractivity contribution < 1.29 is 18.7 Å². The van der Waals surface area contributed by atoms with Crippen LogP contribution in [0.2, 0.25) is 0 Å². The molecule has 0 radical (unpaired) electrons. The minimum Gasteiger partial charge on any atom is -0.343 e. The molecular formula is C20H19FN4O3. The summed E-state index contributed by atoms with van der Waals surface area (Å²) in [6.45, 7) is 3.06. The van der Waals surface area contributed by atoms with Crippen molar-refractivity contribution in [3.63, 3.8) is 0 Å². The molecule has 3 heterocycles. The third kappa shape index (κ3) is 2.86. The molecule has 8 heteroatoms. The second kappa shape index (κ2) is 6.79. The van der Waals surface area contributed by atoms with Gasteiger partial charge in [0, 0.05) is 17.7 Å². The van der Waals surface area contributed by atoms with Crippen LogP contribution in [-0.4, -0.2) is 38.5 Å². The van der Waals surface area contributed by atoms with Crippen LogP contribution in [0.25, 0.3) is 11.0 Å². The highest BCUT2D eigenvalue weighted by Crippen LogP contribution is 2.45. The molecule has 1 aromatic carbocycles. The van der Waals surface area contributed by atoms with Crippen molar-refractivity contribution in [2.75, 3.05) is 5.32 Å². The Kier molecular flexibility index (Phi) is 4.43. The number of hydrogen-bond donors (Lipinski definition) is 1. The molecule has 1 saturated heterocycles. The summed E-state index contributed by atoms with van der Waals surface area (Å²) in [5.41, 5.74) is -0.867. The zero-order valence-electron chi connectivity index (χ0n) is 15.4. The van der Waals surface area contributed by atoms with Crippen molar-refractivity contribution in [1.29, 1.82) is 0 Å². The van der Waals surface area contributed by atoms with Crippen LogP contribution >= 0.6 is 0 Å². The molecule has 1 aliphatic rings. The number of nitrogens with zero attached hydrogens (tertiary/aromatic N) is 3. The molecule has 7 nitrogen and oxygen atoms in total. The zero-order chi connectivity index (χ0) is 19.9. The number of ether oxygens (including phenoxy) is 1. The fraction of sp³-hybridized carbons (Fsp3) is 0.300.